The van der Waals surface area contributed by atoms with Crippen molar-refractivity contribution in [2.75, 3.05) is 44.5 Å². The second-order valence-electron chi connectivity index (χ2n) is 7.72. The summed E-state index contributed by atoms with van der Waals surface area (Å²) < 4.78 is 22.4. The second-order valence-corrected chi connectivity index (χ2v) is 7.72. The number of nitrogens with zero attached hydrogens (tertiary/aromatic N) is 3. The molecule has 0 bridgehead atoms. The summed E-state index contributed by atoms with van der Waals surface area (Å²) in [5.74, 6) is 5.83. The fourth-order valence-corrected chi connectivity index (χ4v) is 4.25. The lowest BCUT2D eigenvalue weighted by atomic mass is 10.1. The number of nitrogens with one attached hydrogen (secondary N) is 1. The Morgan fingerprint density at radius 2 is 2.07 bits per heavy atom. The van der Waals surface area contributed by atoms with Crippen LogP contribution >= 0.6 is 0 Å². The van der Waals surface area contributed by atoms with Crippen LogP contribution in [0.4, 0.5) is 10.1 Å². The predicted molar refractivity (Wildman–Crippen MR) is 105 cm³/mol. The Balaban J connectivity index is 1.90. The summed E-state index contributed by atoms with van der Waals surface area (Å²) in [6.45, 7) is 2.32. The number of methoxy groups -OCH3 is 1. The Kier molecular flexibility index (Phi) is 4.78. The van der Waals surface area contributed by atoms with Crippen molar-refractivity contribution in [1.82, 2.24) is 14.4 Å². The molecular weight excluding hydrogens is 365 g/mol. The maximum Gasteiger partial charge on any atom is 0.354 e. The summed E-state index contributed by atoms with van der Waals surface area (Å²) in [5, 5.41) is 3.15. The lowest BCUT2D eigenvalue weighted by Crippen LogP contribution is -2.44. The van der Waals surface area contributed by atoms with Gasteiger partial charge in [-0.3, -0.25) is 9.20 Å². The van der Waals surface area contributed by atoms with Crippen LogP contribution in [-0.2, 0) is 0 Å². The molecule has 0 amide bonds. The molecule has 2 fully saturated rings. The quantitative estimate of drug-likeness (QED) is 0.702. The highest BCUT2D eigenvalue weighted by molar-refractivity contribution is 5.78. The third-order valence-electron chi connectivity index (χ3n) is 5.85. The Bertz CT molecular complexity index is 1030. The van der Waals surface area contributed by atoms with E-state index in [9.17, 15) is 9.59 Å². The van der Waals surface area contributed by atoms with Crippen LogP contribution in [-0.4, -0.2) is 42.9 Å². The number of aromatic nitrogens is 2. The lowest BCUT2D eigenvalue weighted by Gasteiger charge is -2.24. The first-order valence-electron chi connectivity index (χ1n) is 9.70. The maximum atomic E-state index is 15.1. The fraction of sp³-hybridized carbons (Fsp3) is 0.579. The first-order chi connectivity index (χ1) is 13.5. The minimum Gasteiger partial charge on any atom is -0.492 e. The minimum atomic E-state index is -0.776. The third-order valence-corrected chi connectivity index (χ3v) is 5.85. The van der Waals surface area contributed by atoms with Gasteiger partial charge in [-0.15, -0.1) is 0 Å². The van der Waals surface area contributed by atoms with Crippen LogP contribution in [0.2, 0.25) is 0 Å². The number of ether oxygens (including phenoxy) is 1. The molecule has 1 unspecified atom stereocenters. The van der Waals surface area contributed by atoms with Gasteiger partial charge in [0.25, 0.3) is 5.56 Å². The van der Waals surface area contributed by atoms with Crippen molar-refractivity contribution >= 4 is 11.2 Å². The van der Waals surface area contributed by atoms with E-state index < -0.39 is 17.1 Å². The van der Waals surface area contributed by atoms with Crippen LogP contribution < -0.4 is 32.0 Å². The van der Waals surface area contributed by atoms with Gasteiger partial charge >= 0.3 is 5.69 Å². The number of rotatable bonds is 6. The van der Waals surface area contributed by atoms with E-state index in [1.54, 1.807) is 0 Å². The van der Waals surface area contributed by atoms with Gasteiger partial charge in [-0.25, -0.2) is 9.18 Å². The molecule has 0 spiro atoms. The van der Waals surface area contributed by atoms with Crippen molar-refractivity contribution in [3.63, 3.8) is 0 Å². The van der Waals surface area contributed by atoms with E-state index in [1.165, 1.54) is 7.11 Å². The van der Waals surface area contributed by atoms with E-state index >= 15 is 4.39 Å². The number of pyridine rings is 1. The smallest absolute Gasteiger partial charge is 0.354 e. The van der Waals surface area contributed by atoms with Gasteiger partial charge < -0.3 is 20.8 Å². The number of hydrogen-bond donors (Lipinski definition) is 2. The van der Waals surface area contributed by atoms with Crippen LogP contribution in [0.1, 0.15) is 37.2 Å². The zero-order valence-electron chi connectivity index (χ0n) is 16.2. The summed E-state index contributed by atoms with van der Waals surface area (Å²) in [5.41, 5.74) is -0.203. The van der Waals surface area contributed by atoms with Crippen LogP contribution in [0, 0.1) is 11.7 Å². The predicted octanol–water partition coefficient (Wildman–Crippen LogP) is 0.636. The summed E-state index contributed by atoms with van der Waals surface area (Å²) in [6.07, 6.45) is 4.78. The third kappa shape index (κ3) is 2.94. The average molecular weight is 391 g/mol. The molecule has 1 atom stereocenters. The van der Waals surface area contributed by atoms with Gasteiger partial charge in [0.15, 0.2) is 11.6 Å². The number of nitrogen functional groups attached to an aromatic ring is 1. The fourth-order valence-electron chi connectivity index (χ4n) is 4.25. The molecule has 0 radical (unpaired) electrons. The number of anilines is 1. The van der Waals surface area contributed by atoms with E-state index in [0.717, 1.165) is 42.8 Å². The standard InChI is InChI=1S/C19H26FN5O3/c1-22-7-5-11-6-8-23(9-11)15-13(20)10-24-16(17(15)28-2)14(12-3-4-12)18(26)25(21)19(24)27/h10-12,22H,3-9,21H2,1-2H3. The highest BCUT2D eigenvalue weighted by Gasteiger charge is 2.35. The first kappa shape index (κ1) is 18.8. The van der Waals surface area contributed by atoms with Crippen molar-refractivity contribution in [3.05, 3.63) is 38.4 Å². The van der Waals surface area contributed by atoms with Crippen molar-refractivity contribution < 1.29 is 9.13 Å². The molecule has 2 aromatic rings. The van der Waals surface area contributed by atoms with Gasteiger partial charge in [0.1, 0.15) is 11.2 Å². The molecule has 3 heterocycles. The Morgan fingerprint density at radius 1 is 1.32 bits per heavy atom. The molecule has 0 aromatic carbocycles. The van der Waals surface area contributed by atoms with Crippen molar-refractivity contribution in [2.24, 2.45) is 5.92 Å². The molecule has 2 aromatic heterocycles. The monoisotopic (exact) mass is 391 g/mol. The molecule has 8 nitrogen and oxygen atoms in total. The topological polar surface area (TPSA) is 94.0 Å². The normalized spacial score (nSPS) is 19.5. The van der Waals surface area contributed by atoms with Gasteiger partial charge in [-0.1, -0.05) is 0 Å². The summed E-state index contributed by atoms with van der Waals surface area (Å²) in [4.78, 5) is 27.2. The SMILES string of the molecule is CNCCC1CCN(c2c(F)cn3c(=O)n(N)c(=O)c(C4CC4)c3c2OC)C1. The van der Waals surface area contributed by atoms with E-state index in [-0.39, 0.29) is 11.7 Å². The number of fused-ring (bicyclic) bond motifs is 1. The molecule has 3 N–H and O–H groups in total. The van der Waals surface area contributed by atoms with Crippen molar-refractivity contribution in [3.8, 4) is 5.75 Å². The molecule has 2 aliphatic rings. The molecule has 1 aliphatic carbocycles. The van der Waals surface area contributed by atoms with E-state index in [1.807, 2.05) is 11.9 Å². The number of hydrogen-bond acceptors (Lipinski definition) is 6. The summed E-state index contributed by atoms with van der Waals surface area (Å²) in [6, 6.07) is 0. The Hall–Kier alpha value is -2.55. The molecule has 4 rings (SSSR count). The molecule has 152 valence electrons. The largest absolute Gasteiger partial charge is 0.492 e. The van der Waals surface area contributed by atoms with Crippen LogP contribution in [0.25, 0.3) is 5.52 Å². The molecule has 28 heavy (non-hydrogen) atoms. The van der Waals surface area contributed by atoms with Gasteiger partial charge in [-0.2, -0.15) is 4.68 Å². The minimum absolute atomic E-state index is 0.0204. The lowest BCUT2D eigenvalue weighted by molar-refractivity contribution is 0.412. The summed E-state index contributed by atoms with van der Waals surface area (Å²) >= 11 is 0. The Labute approximate surface area is 161 Å². The van der Waals surface area contributed by atoms with Gasteiger partial charge in [-0.05, 0) is 51.1 Å². The number of halogens is 1. The van der Waals surface area contributed by atoms with Crippen molar-refractivity contribution in [2.45, 2.75) is 31.6 Å². The van der Waals surface area contributed by atoms with Crippen LogP contribution in [0.5, 0.6) is 5.75 Å². The van der Waals surface area contributed by atoms with Gasteiger partial charge in [0.05, 0.1) is 18.9 Å². The highest BCUT2D eigenvalue weighted by atomic mass is 19.1. The number of nitrogens with two attached hydrogens (primary N) is 1. The summed E-state index contributed by atoms with van der Waals surface area (Å²) in [7, 11) is 3.36. The first-order valence-corrected chi connectivity index (χ1v) is 9.70. The molecule has 1 saturated carbocycles. The zero-order valence-corrected chi connectivity index (χ0v) is 16.2. The highest BCUT2D eigenvalue weighted by Crippen LogP contribution is 2.45. The molecule has 9 heteroatoms. The molecule has 1 saturated heterocycles. The van der Waals surface area contributed by atoms with E-state index in [2.05, 4.69) is 5.32 Å². The zero-order chi connectivity index (χ0) is 20.0. The maximum absolute atomic E-state index is 15.1. The molecular formula is C19H26FN5O3. The van der Waals surface area contributed by atoms with Crippen LogP contribution in [0.15, 0.2) is 15.8 Å². The van der Waals surface area contributed by atoms with E-state index in [4.69, 9.17) is 10.6 Å². The Morgan fingerprint density at radius 3 is 2.71 bits per heavy atom. The second kappa shape index (κ2) is 7.12. The van der Waals surface area contributed by atoms with Crippen molar-refractivity contribution in [1.29, 1.82) is 0 Å². The van der Waals surface area contributed by atoms with Gasteiger partial charge in [0, 0.05) is 13.1 Å². The molecule has 1 aliphatic heterocycles. The van der Waals surface area contributed by atoms with E-state index in [0.29, 0.717) is 40.5 Å². The van der Waals surface area contributed by atoms with Gasteiger partial charge in [0.2, 0.25) is 0 Å². The average Bonchev–Trinajstić information content (AvgIpc) is 3.42. The van der Waals surface area contributed by atoms with Crippen LogP contribution in [0.3, 0.4) is 0 Å².